The minimum absolute atomic E-state index is 0.402. The smallest absolute Gasteiger partial charge is 0.418 e. The second-order valence-electron chi connectivity index (χ2n) is 2.54. The lowest BCUT2D eigenvalue weighted by atomic mass is 9.98. The number of carbonyl (C=O) groups is 2. The molecule has 0 bridgehead atoms. The Bertz CT molecular complexity index is 245. The summed E-state index contributed by atoms with van der Waals surface area (Å²) < 4.78 is 4.67. The lowest BCUT2D eigenvalue weighted by Gasteiger charge is -2.24. The Balaban J connectivity index is 4.54. The van der Waals surface area contributed by atoms with Crippen LogP contribution in [0.5, 0.6) is 0 Å². The van der Waals surface area contributed by atoms with Gasteiger partial charge in [-0.1, -0.05) is 19.8 Å². The fraction of sp³-hybridized carbons (Fsp3) is 0.556. The maximum Gasteiger partial charge on any atom is 0.418 e. The first-order valence-electron chi connectivity index (χ1n) is 3.95. The van der Waals surface area contributed by atoms with Crippen LogP contribution < -0.4 is 0 Å². The van der Waals surface area contributed by atoms with Crippen LogP contribution in [0.3, 0.4) is 0 Å². The van der Waals surface area contributed by atoms with Crippen molar-refractivity contribution in [3.05, 3.63) is 0 Å². The molecule has 0 atom stereocenters. The van der Waals surface area contributed by atoms with Crippen molar-refractivity contribution in [2.24, 2.45) is 0 Å². The zero-order chi connectivity index (χ0) is 10.5. The molecule has 0 fully saturated rings. The van der Waals surface area contributed by atoms with Crippen LogP contribution in [0, 0.1) is 12.3 Å². The quantitative estimate of drug-likeness (QED) is 0.400. The topological polar surface area (TPSA) is 63.6 Å². The molecule has 0 unspecified atom stereocenters. The van der Waals surface area contributed by atoms with Gasteiger partial charge in [-0.15, -0.1) is 6.42 Å². The Hall–Kier alpha value is -1.50. The molecule has 0 rings (SSSR count). The fourth-order valence-electron chi connectivity index (χ4n) is 0.849. The standard InChI is InChI=1S/C9H12O4/c1-4-9(5-2,6-3)13-8(12)7(10)11/h1H,5-6H2,2-3H3,(H,10,11). The molecule has 72 valence electrons. The van der Waals surface area contributed by atoms with Crippen LogP contribution in [0.1, 0.15) is 26.7 Å². The van der Waals surface area contributed by atoms with E-state index >= 15 is 0 Å². The Morgan fingerprint density at radius 1 is 1.46 bits per heavy atom. The fourth-order valence-corrected chi connectivity index (χ4v) is 0.849. The van der Waals surface area contributed by atoms with E-state index in [1.807, 2.05) is 0 Å². The van der Waals surface area contributed by atoms with Gasteiger partial charge < -0.3 is 9.84 Å². The summed E-state index contributed by atoms with van der Waals surface area (Å²) in [6, 6.07) is 0. The van der Waals surface area contributed by atoms with Gasteiger partial charge in [0, 0.05) is 0 Å². The summed E-state index contributed by atoms with van der Waals surface area (Å²) in [6.45, 7) is 3.47. The molecule has 0 amide bonds. The molecule has 0 aliphatic heterocycles. The monoisotopic (exact) mass is 184 g/mol. The van der Waals surface area contributed by atoms with Crippen LogP contribution in [0.25, 0.3) is 0 Å². The molecule has 4 heteroatoms. The van der Waals surface area contributed by atoms with Crippen LogP contribution in [0.4, 0.5) is 0 Å². The number of hydrogen-bond acceptors (Lipinski definition) is 3. The number of rotatable bonds is 3. The summed E-state index contributed by atoms with van der Waals surface area (Å²) in [7, 11) is 0. The van der Waals surface area contributed by atoms with Crippen molar-refractivity contribution in [2.75, 3.05) is 0 Å². The number of ether oxygens (including phenoxy) is 1. The third kappa shape index (κ3) is 2.79. The molecular weight excluding hydrogens is 172 g/mol. The molecule has 0 aromatic heterocycles. The lowest BCUT2D eigenvalue weighted by molar-refractivity contribution is -0.171. The highest BCUT2D eigenvalue weighted by molar-refractivity contribution is 6.28. The summed E-state index contributed by atoms with van der Waals surface area (Å²) in [5.41, 5.74) is -1.07. The molecule has 4 nitrogen and oxygen atoms in total. The van der Waals surface area contributed by atoms with Gasteiger partial charge in [-0.2, -0.15) is 0 Å². The molecule has 0 heterocycles. The molecule has 0 saturated carbocycles. The third-order valence-corrected chi connectivity index (χ3v) is 1.87. The number of carbonyl (C=O) groups excluding carboxylic acids is 1. The van der Waals surface area contributed by atoms with Gasteiger partial charge in [0.15, 0.2) is 5.60 Å². The maximum absolute atomic E-state index is 10.7. The summed E-state index contributed by atoms with van der Waals surface area (Å²) in [5.74, 6) is -0.633. The molecule has 0 aromatic rings. The van der Waals surface area contributed by atoms with E-state index in [2.05, 4.69) is 10.7 Å². The molecule has 1 N–H and O–H groups in total. The summed E-state index contributed by atoms with van der Waals surface area (Å²) in [5, 5.41) is 8.29. The second kappa shape index (κ2) is 4.51. The van der Waals surface area contributed by atoms with E-state index in [4.69, 9.17) is 11.5 Å². The highest BCUT2D eigenvalue weighted by Crippen LogP contribution is 2.19. The Labute approximate surface area is 76.9 Å². The van der Waals surface area contributed by atoms with Gasteiger partial charge >= 0.3 is 11.9 Å². The summed E-state index contributed by atoms with van der Waals surface area (Å²) in [6.07, 6.45) is 5.96. The SMILES string of the molecule is C#CC(CC)(CC)OC(=O)C(=O)O. The van der Waals surface area contributed by atoms with Crippen LogP contribution in [-0.2, 0) is 14.3 Å². The predicted molar refractivity (Wildman–Crippen MR) is 45.9 cm³/mol. The minimum Gasteiger partial charge on any atom is -0.473 e. The third-order valence-electron chi connectivity index (χ3n) is 1.87. The number of esters is 1. The second-order valence-corrected chi connectivity index (χ2v) is 2.54. The molecule has 13 heavy (non-hydrogen) atoms. The van der Waals surface area contributed by atoms with Gasteiger partial charge in [-0.05, 0) is 12.8 Å². The zero-order valence-electron chi connectivity index (χ0n) is 7.66. The van der Waals surface area contributed by atoms with E-state index in [-0.39, 0.29) is 0 Å². The van der Waals surface area contributed by atoms with Crippen molar-refractivity contribution in [1.82, 2.24) is 0 Å². The van der Waals surface area contributed by atoms with Crippen LogP contribution in [-0.4, -0.2) is 22.6 Å². The number of aliphatic carboxylic acids is 1. The first-order chi connectivity index (χ1) is 6.01. The lowest BCUT2D eigenvalue weighted by Crippen LogP contribution is -2.34. The average molecular weight is 184 g/mol. The van der Waals surface area contributed by atoms with Crippen molar-refractivity contribution in [1.29, 1.82) is 0 Å². The number of carboxylic acid groups (broad SMARTS) is 1. The molecule has 0 spiro atoms. The van der Waals surface area contributed by atoms with E-state index in [1.165, 1.54) is 0 Å². The summed E-state index contributed by atoms with van der Waals surface area (Å²) in [4.78, 5) is 20.9. The van der Waals surface area contributed by atoms with Crippen molar-refractivity contribution in [2.45, 2.75) is 32.3 Å². The Morgan fingerprint density at radius 3 is 2.15 bits per heavy atom. The van der Waals surface area contributed by atoms with Gasteiger partial charge in [-0.25, -0.2) is 9.59 Å². The van der Waals surface area contributed by atoms with E-state index in [9.17, 15) is 9.59 Å². The number of terminal acetylenes is 1. The van der Waals surface area contributed by atoms with Gasteiger partial charge in [-0.3, -0.25) is 0 Å². The first kappa shape index (κ1) is 11.5. The van der Waals surface area contributed by atoms with Crippen molar-refractivity contribution in [3.8, 4) is 12.3 Å². The van der Waals surface area contributed by atoms with E-state index in [1.54, 1.807) is 13.8 Å². The average Bonchev–Trinajstić information content (AvgIpc) is 2.14. The van der Waals surface area contributed by atoms with Gasteiger partial charge in [0.25, 0.3) is 0 Å². The first-order valence-corrected chi connectivity index (χ1v) is 3.95. The van der Waals surface area contributed by atoms with Crippen molar-refractivity contribution >= 4 is 11.9 Å². The van der Waals surface area contributed by atoms with Crippen molar-refractivity contribution < 1.29 is 19.4 Å². The molecule has 0 radical (unpaired) electrons. The largest absolute Gasteiger partial charge is 0.473 e. The van der Waals surface area contributed by atoms with Gasteiger partial charge in [0.2, 0.25) is 0 Å². The maximum atomic E-state index is 10.7. The zero-order valence-corrected chi connectivity index (χ0v) is 7.66. The minimum atomic E-state index is -1.62. The van der Waals surface area contributed by atoms with Crippen LogP contribution in [0.2, 0.25) is 0 Å². The van der Waals surface area contributed by atoms with E-state index < -0.39 is 17.5 Å². The number of hydrogen-bond donors (Lipinski definition) is 1. The van der Waals surface area contributed by atoms with Crippen LogP contribution >= 0.6 is 0 Å². The van der Waals surface area contributed by atoms with Crippen molar-refractivity contribution in [3.63, 3.8) is 0 Å². The molecular formula is C9H12O4. The van der Waals surface area contributed by atoms with E-state index in [0.29, 0.717) is 12.8 Å². The molecule has 0 saturated heterocycles. The summed E-state index contributed by atoms with van der Waals surface area (Å²) >= 11 is 0. The molecule has 0 aliphatic rings. The van der Waals surface area contributed by atoms with Gasteiger partial charge in [0.1, 0.15) is 0 Å². The normalized spacial score (nSPS) is 10.2. The molecule has 0 aliphatic carbocycles. The highest BCUT2D eigenvalue weighted by Gasteiger charge is 2.30. The Kier molecular flexibility index (Phi) is 3.99. The highest BCUT2D eigenvalue weighted by atomic mass is 16.6. The molecule has 0 aromatic carbocycles. The number of carboxylic acids is 1. The van der Waals surface area contributed by atoms with Crippen LogP contribution in [0.15, 0.2) is 0 Å². The predicted octanol–water partition coefficient (Wildman–Crippen LogP) is 0.806. The Morgan fingerprint density at radius 2 is 1.92 bits per heavy atom. The van der Waals surface area contributed by atoms with Gasteiger partial charge in [0.05, 0.1) is 0 Å². The van der Waals surface area contributed by atoms with E-state index in [0.717, 1.165) is 0 Å².